The van der Waals surface area contributed by atoms with Crippen LogP contribution in [0.1, 0.15) is 0 Å². The third-order valence-electron chi connectivity index (χ3n) is 2.66. The highest BCUT2D eigenvalue weighted by atomic mass is 35.5. The quantitative estimate of drug-likeness (QED) is 0.759. The van der Waals surface area contributed by atoms with Crippen molar-refractivity contribution < 1.29 is 9.53 Å². The highest BCUT2D eigenvalue weighted by Gasteiger charge is 2.24. The minimum atomic E-state index is 0. The van der Waals surface area contributed by atoms with Crippen molar-refractivity contribution in [1.29, 1.82) is 0 Å². The molecule has 1 aromatic carbocycles. The smallest absolute Gasteiger partial charge is 0.230 e. The lowest BCUT2D eigenvalue weighted by molar-refractivity contribution is -0.121. The number of halogens is 2. The van der Waals surface area contributed by atoms with E-state index >= 15 is 0 Å². The van der Waals surface area contributed by atoms with Gasteiger partial charge in [0.25, 0.3) is 0 Å². The van der Waals surface area contributed by atoms with Gasteiger partial charge in [0, 0.05) is 25.3 Å². The molecule has 0 saturated carbocycles. The van der Waals surface area contributed by atoms with Gasteiger partial charge in [0.15, 0.2) is 0 Å². The normalized spacial score (nSPS) is 13.5. The van der Waals surface area contributed by atoms with Gasteiger partial charge in [0.05, 0.1) is 5.92 Å². The zero-order valence-electron chi connectivity index (χ0n) is 10.4. The number of nitrogens with two attached hydrogens (primary N) is 1. The van der Waals surface area contributed by atoms with Gasteiger partial charge in [-0.1, -0.05) is 0 Å². The lowest BCUT2D eigenvalue weighted by Gasteiger charge is -2.25. The SMILES string of the molecule is Cl.Cl.NCCOc1ccc(NC(=O)C2CNC2)cc1. The molecule has 2 rings (SSSR count). The maximum absolute atomic E-state index is 11.7. The number of amides is 1. The van der Waals surface area contributed by atoms with Crippen LogP contribution in [-0.4, -0.2) is 32.1 Å². The number of hydrogen-bond donors (Lipinski definition) is 3. The van der Waals surface area contributed by atoms with E-state index in [1.807, 2.05) is 24.3 Å². The summed E-state index contributed by atoms with van der Waals surface area (Å²) in [5, 5.41) is 5.94. The van der Waals surface area contributed by atoms with Crippen molar-refractivity contribution in [2.45, 2.75) is 0 Å². The van der Waals surface area contributed by atoms with Gasteiger partial charge < -0.3 is 21.1 Å². The van der Waals surface area contributed by atoms with Gasteiger partial charge in [-0.2, -0.15) is 0 Å². The molecule has 1 heterocycles. The van der Waals surface area contributed by atoms with Gasteiger partial charge in [-0.05, 0) is 24.3 Å². The van der Waals surface area contributed by atoms with Crippen LogP contribution in [-0.2, 0) is 4.79 Å². The molecule has 1 saturated heterocycles. The molecular weight excluding hydrogens is 289 g/mol. The van der Waals surface area contributed by atoms with Crippen LogP contribution in [0.25, 0.3) is 0 Å². The first-order chi connectivity index (χ1) is 8.29. The summed E-state index contributed by atoms with van der Waals surface area (Å²) in [6, 6.07) is 7.31. The molecule has 19 heavy (non-hydrogen) atoms. The Morgan fingerprint density at radius 1 is 1.32 bits per heavy atom. The molecule has 108 valence electrons. The fourth-order valence-electron chi connectivity index (χ4n) is 1.53. The van der Waals surface area contributed by atoms with Crippen molar-refractivity contribution in [3.05, 3.63) is 24.3 Å². The Morgan fingerprint density at radius 3 is 2.42 bits per heavy atom. The van der Waals surface area contributed by atoms with Crippen LogP contribution in [0.4, 0.5) is 5.69 Å². The van der Waals surface area contributed by atoms with Crippen LogP contribution in [0.15, 0.2) is 24.3 Å². The molecule has 0 bridgehead atoms. The van der Waals surface area contributed by atoms with Crippen LogP contribution < -0.4 is 21.1 Å². The van der Waals surface area contributed by atoms with Gasteiger partial charge in [-0.25, -0.2) is 0 Å². The van der Waals surface area contributed by atoms with Crippen LogP contribution in [0.3, 0.4) is 0 Å². The Labute approximate surface area is 125 Å². The molecule has 0 spiro atoms. The predicted octanol–water partition coefficient (Wildman–Crippen LogP) is 1.03. The third kappa shape index (κ3) is 5.24. The molecule has 1 aromatic rings. The largest absolute Gasteiger partial charge is 0.492 e. The van der Waals surface area contributed by atoms with Gasteiger partial charge in [0.2, 0.25) is 5.91 Å². The summed E-state index contributed by atoms with van der Waals surface area (Å²) in [6.07, 6.45) is 0. The Balaban J connectivity index is 0.00000162. The summed E-state index contributed by atoms with van der Waals surface area (Å²) >= 11 is 0. The second-order valence-electron chi connectivity index (χ2n) is 4.01. The van der Waals surface area contributed by atoms with Gasteiger partial charge >= 0.3 is 0 Å². The number of carbonyl (C=O) groups is 1. The topological polar surface area (TPSA) is 76.4 Å². The lowest BCUT2D eigenvalue weighted by Crippen LogP contribution is -2.48. The molecule has 0 radical (unpaired) electrons. The molecule has 7 heteroatoms. The highest BCUT2D eigenvalue weighted by molar-refractivity contribution is 5.93. The first-order valence-electron chi connectivity index (χ1n) is 5.74. The summed E-state index contributed by atoms with van der Waals surface area (Å²) in [5.41, 5.74) is 6.13. The van der Waals surface area contributed by atoms with Crippen molar-refractivity contribution in [3.63, 3.8) is 0 Å². The van der Waals surface area contributed by atoms with Gasteiger partial charge in [0.1, 0.15) is 12.4 Å². The molecule has 1 amide bonds. The zero-order valence-corrected chi connectivity index (χ0v) is 12.1. The average Bonchev–Trinajstić information content (AvgIpc) is 2.26. The molecule has 0 unspecified atom stereocenters. The summed E-state index contributed by atoms with van der Waals surface area (Å²) in [6.45, 7) is 2.53. The third-order valence-corrected chi connectivity index (χ3v) is 2.66. The van der Waals surface area contributed by atoms with E-state index in [-0.39, 0.29) is 36.6 Å². The Hall–Kier alpha value is -1.01. The minimum Gasteiger partial charge on any atom is -0.492 e. The second-order valence-corrected chi connectivity index (χ2v) is 4.01. The number of benzene rings is 1. The zero-order chi connectivity index (χ0) is 12.1. The molecule has 0 aromatic heterocycles. The first-order valence-corrected chi connectivity index (χ1v) is 5.74. The summed E-state index contributed by atoms with van der Waals surface area (Å²) < 4.78 is 5.35. The van der Waals surface area contributed by atoms with E-state index in [0.717, 1.165) is 24.5 Å². The van der Waals surface area contributed by atoms with E-state index < -0.39 is 0 Å². The Kier molecular flexibility index (Phi) is 8.51. The van der Waals surface area contributed by atoms with E-state index in [1.54, 1.807) is 0 Å². The van der Waals surface area contributed by atoms with Gasteiger partial charge in [-0.3, -0.25) is 4.79 Å². The van der Waals surface area contributed by atoms with Crippen LogP contribution in [0, 0.1) is 5.92 Å². The van der Waals surface area contributed by atoms with Crippen molar-refractivity contribution in [2.24, 2.45) is 11.7 Å². The van der Waals surface area contributed by atoms with Crippen LogP contribution in [0.5, 0.6) is 5.75 Å². The predicted molar refractivity (Wildman–Crippen MR) is 80.5 cm³/mol. The van der Waals surface area contributed by atoms with Crippen molar-refractivity contribution in [3.8, 4) is 5.75 Å². The molecule has 0 aliphatic carbocycles. The second kappa shape index (κ2) is 8.98. The summed E-state index contributed by atoms with van der Waals surface area (Å²) in [7, 11) is 0. The van der Waals surface area contributed by atoms with Crippen molar-refractivity contribution >= 4 is 36.4 Å². The molecule has 4 N–H and O–H groups in total. The van der Waals surface area contributed by atoms with Crippen LogP contribution >= 0.6 is 24.8 Å². The monoisotopic (exact) mass is 307 g/mol. The van der Waals surface area contributed by atoms with E-state index in [2.05, 4.69) is 10.6 Å². The molecule has 1 fully saturated rings. The van der Waals surface area contributed by atoms with Crippen molar-refractivity contribution in [2.75, 3.05) is 31.6 Å². The number of rotatable bonds is 5. The number of anilines is 1. The van der Waals surface area contributed by atoms with Gasteiger partial charge in [-0.15, -0.1) is 24.8 Å². The fraction of sp³-hybridized carbons (Fsp3) is 0.417. The molecule has 1 aliphatic heterocycles. The average molecular weight is 308 g/mol. The summed E-state index contributed by atoms with van der Waals surface area (Å²) in [5.74, 6) is 0.932. The van der Waals surface area contributed by atoms with Crippen molar-refractivity contribution in [1.82, 2.24) is 5.32 Å². The Morgan fingerprint density at radius 2 is 1.95 bits per heavy atom. The number of carbonyl (C=O) groups excluding carboxylic acids is 1. The van der Waals surface area contributed by atoms with Crippen LogP contribution in [0.2, 0.25) is 0 Å². The maximum Gasteiger partial charge on any atom is 0.230 e. The highest BCUT2D eigenvalue weighted by Crippen LogP contribution is 2.16. The molecule has 5 nitrogen and oxygen atoms in total. The molecule has 1 aliphatic rings. The van der Waals surface area contributed by atoms with E-state index in [1.165, 1.54) is 0 Å². The maximum atomic E-state index is 11.7. The van der Waals surface area contributed by atoms with E-state index in [9.17, 15) is 4.79 Å². The number of ether oxygens (including phenoxy) is 1. The summed E-state index contributed by atoms with van der Waals surface area (Å²) in [4.78, 5) is 11.7. The van der Waals surface area contributed by atoms with E-state index in [4.69, 9.17) is 10.5 Å². The first kappa shape index (κ1) is 18.0. The molecular formula is C12H19Cl2N3O2. The lowest BCUT2D eigenvalue weighted by atomic mass is 10.0. The number of hydrogen-bond acceptors (Lipinski definition) is 4. The number of nitrogens with one attached hydrogen (secondary N) is 2. The van der Waals surface area contributed by atoms with E-state index in [0.29, 0.717) is 13.2 Å². The fourth-order valence-corrected chi connectivity index (χ4v) is 1.53. The minimum absolute atomic E-state index is 0. The Bertz CT molecular complexity index is 383. The molecule has 0 atom stereocenters. The standard InChI is InChI=1S/C12H17N3O2.2ClH/c13-5-6-17-11-3-1-10(2-4-11)15-12(16)9-7-14-8-9;;/h1-4,9,14H,5-8,13H2,(H,15,16);2*1H.